The van der Waals surface area contributed by atoms with Crippen LogP contribution in [0.2, 0.25) is 0 Å². The van der Waals surface area contributed by atoms with E-state index in [0.29, 0.717) is 32.8 Å². The Morgan fingerprint density at radius 1 is 1.09 bits per heavy atom. The average molecular weight is 326 g/mol. The quantitative estimate of drug-likeness (QED) is 0.788. The largest absolute Gasteiger partial charge is 0.379 e. The minimum absolute atomic E-state index is 0.0180. The molecule has 2 aliphatic heterocycles. The summed E-state index contributed by atoms with van der Waals surface area (Å²) in [5.41, 5.74) is -0.222. The number of hydrogen-bond donors (Lipinski definition) is 2. The first-order valence-electron chi connectivity index (χ1n) is 8.50. The number of nitrogens with zero attached hydrogens (tertiary/aromatic N) is 2. The third-order valence-electron chi connectivity index (χ3n) is 4.10. The topological polar surface area (TPSA) is 73.9 Å². The van der Waals surface area contributed by atoms with Crippen molar-refractivity contribution in [3.05, 3.63) is 0 Å². The minimum Gasteiger partial charge on any atom is -0.379 e. The standard InChI is InChI=1S/C16H30N4O3/c1-16(2,3)18-15(22)20-6-4-13(5-7-20)17-14(21)12-19-8-10-23-11-9-19/h13H,4-12H2,1-3H3,(H,17,21)(H,18,22). The van der Waals surface area contributed by atoms with Crippen LogP contribution in [-0.2, 0) is 9.53 Å². The molecule has 0 aromatic heterocycles. The van der Waals surface area contributed by atoms with Crippen LogP contribution in [0.4, 0.5) is 4.79 Å². The van der Waals surface area contributed by atoms with Gasteiger partial charge in [0, 0.05) is 37.8 Å². The third kappa shape index (κ3) is 6.35. The van der Waals surface area contributed by atoms with E-state index in [-0.39, 0.29) is 23.5 Å². The van der Waals surface area contributed by atoms with Crippen LogP contribution >= 0.6 is 0 Å². The maximum absolute atomic E-state index is 12.1. The number of hydrogen-bond acceptors (Lipinski definition) is 4. The highest BCUT2D eigenvalue weighted by Gasteiger charge is 2.26. The molecule has 0 aromatic carbocycles. The van der Waals surface area contributed by atoms with Crippen LogP contribution < -0.4 is 10.6 Å². The predicted octanol–water partition coefficient (Wildman–Crippen LogP) is 0.407. The smallest absolute Gasteiger partial charge is 0.317 e. The molecular weight excluding hydrogens is 296 g/mol. The van der Waals surface area contributed by atoms with Crippen molar-refractivity contribution in [1.29, 1.82) is 0 Å². The lowest BCUT2D eigenvalue weighted by Crippen LogP contribution is -2.54. The number of carbonyl (C=O) groups is 2. The molecule has 3 amide bonds. The van der Waals surface area contributed by atoms with Gasteiger partial charge in [0.25, 0.3) is 0 Å². The molecule has 0 aromatic rings. The Morgan fingerprint density at radius 3 is 2.26 bits per heavy atom. The van der Waals surface area contributed by atoms with Crippen molar-refractivity contribution in [3.63, 3.8) is 0 Å². The number of rotatable bonds is 3. The van der Waals surface area contributed by atoms with E-state index in [4.69, 9.17) is 4.74 Å². The van der Waals surface area contributed by atoms with Crippen molar-refractivity contribution >= 4 is 11.9 Å². The van der Waals surface area contributed by atoms with Crippen LogP contribution in [0, 0.1) is 0 Å². The summed E-state index contributed by atoms with van der Waals surface area (Å²) in [7, 11) is 0. The number of ether oxygens (including phenoxy) is 1. The predicted molar refractivity (Wildman–Crippen MR) is 88.3 cm³/mol. The lowest BCUT2D eigenvalue weighted by Gasteiger charge is -2.35. The monoisotopic (exact) mass is 326 g/mol. The Balaban J connectivity index is 1.67. The molecule has 2 fully saturated rings. The Bertz CT molecular complexity index is 408. The Kier molecular flexibility index (Phi) is 6.24. The highest BCUT2D eigenvalue weighted by Crippen LogP contribution is 2.12. The molecule has 0 unspecified atom stereocenters. The lowest BCUT2D eigenvalue weighted by atomic mass is 10.0. The van der Waals surface area contributed by atoms with Crippen molar-refractivity contribution in [1.82, 2.24) is 20.4 Å². The van der Waals surface area contributed by atoms with Gasteiger partial charge in [-0.25, -0.2) is 4.79 Å². The highest BCUT2D eigenvalue weighted by atomic mass is 16.5. The fourth-order valence-electron chi connectivity index (χ4n) is 2.86. The van der Waals surface area contributed by atoms with E-state index in [0.717, 1.165) is 25.9 Å². The summed E-state index contributed by atoms with van der Waals surface area (Å²) in [5.74, 6) is 0.0736. The number of piperidine rings is 1. The zero-order valence-electron chi connectivity index (χ0n) is 14.6. The zero-order valence-corrected chi connectivity index (χ0v) is 14.6. The van der Waals surface area contributed by atoms with Crippen LogP contribution in [0.3, 0.4) is 0 Å². The number of urea groups is 1. The Labute approximate surface area is 138 Å². The number of likely N-dealkylation sites (tertiary alicyclic amines) is 1. The van der Waals surface area contributed by atoms with Crippen molar-refractivity contribution in [2.24, 2.45) is 0 Å². The second kappa shape index (κ2) is 7.97. The van der Waals surface area contributed by atoms with Gasteiger partial charge in [-0.05, 0) is 33.6 Å². The molecule has 0 radical (unpaired) electrons. The molecule has 2 aliphatic rings. The van der Waals surface area contributed by atoms with E-state index >= 15 is 0 Å². The molecule has 7 nitrogen and oxygen atoms in total. The summed E-state index contributed by atoms with van der Waals surface area (Å²) in [6.07, 6.45) is 1.62. The second-order valence-corrected chi connectivity index (χ2v) is 7.40. The number of amides is 3. The van der Waals surface area contributed by atoms with Crippen LogP contribution in [0.5, 0.6) is 0 Å². The summed E-state index contributed by atoms with van der Waals surface area (Å²) in [4.78, 5) is 28.2. The molecule has 0 atom stereocenters. The molecule has 23 heavy (non-hydrogen) atoms. The van der Waals surface area contributed by atoms with Gasteiger partial charge in [0.2, 0.25) is 5.91 Å². The van der Waals surface area contributed by atoms with E-state index in [1.54, 1.807) is 0 Å². The van der Waals surface area contributed by atoms with Crippen molar-refractivity contribution in [3.8, 4) is 0 Å². The molecule has 2 saturated heterocycles. The molecule has 2 rings (SSSR count). The normalized spacial score (nSPS) is 21.1. The first kappa shape index (κ1) is 18.0. The van der Waals surface area contributed by atoms with E-state index < -0.39 is 0 Å². The molecule has 0 aliphatic carbocycles. The number of morpholine rings is 1. The van der Waals surface area contributed by atoms with Gasteiger partial charge in [-0.15, -0.1) is 0 Å². The lowest BCUT2D eigenvalue weighted by molar-refractivity contribution is -0.124. The van der Waals surface area contributed by atoms with Gasteiger partial charge in [-0.1, -0.05) is 0 Å². The average Bonchev–Trinajstić information content (AvgIpc) is 2.47. The Hall–Kier alpha value is -1.34. The van der Waals surface area contributed by atoms with Crippen LogP contribution in [0.1, 0.15) is 33.6 Å². The van der Waals surface area contributed by atoms with E-state index in [1.807, 2.05) is 25.7 Å². The maximum Gasteiger partial charge on any atom is 0.317 e. The van der Waals surface area contributed by atoms with Gasteiger partial charge in [-0.3, -0.25) is 9.69 Å². The zero-order chi connectivity index (χ0) is 16.9. The summed E-state index contributed by atoms with van der Waals surface area (Å²) in [6.45, 7) is 10.8. The third-order valence-corrected chi connectivity index (χ3v) is 4.10. The van der Waals surface area contributed by atoms with Gasteiger partial charge in [-0.2, -0.15) is 0 Å². The van der Waals surface area contributed by atoms with Crippen molar-refractivity contribution in [2.45, 2.75) is 45.2 Å². The molecule has 0 bridgehead atoms. The summed E-state index contributed by atoms with van der Waals surface area (Å²) in [5, 5.41) is 6.07. The van der Waals surface area contributed by atoms with E-state index in [2.05, 4.69) is 15.5 Å². The first-order chi connectivity index (χ1) is 10.8. The van der Waals surface area contributed by atoms with Crippen LogP contribution in [0.25, 0.3) is 0 Å². The number of carbonyl (C=O) groups excluding carboxylic acids is 2. The molecule has 2 heterocycles. The van der Waals surface area contributed by atoms with E-state index in [9.17, 15) is 9.59 Å². The van der Waals surface area contributed by atoms with Crippen molar-refractivity contribution < 1.29 is 14.3 Å². The highest BCUT2D eigenvalue weighted by molar-refractivity contribution is 5.78. The molecule has 0 spiro atoms. The fraction of sp³-hybridized carbons (Fsp3) is 0.875. The van der Waals surface area contributed by atoms with Gasteiger partial charge < -0.3 is 20.3 Å². The summed E-state index contributed by atoms with van der Waals surface area (Å²) in [6, 6.07) is 0.151. The van der Waals surface area contributed by atoms with Crippen LogP contribution in [-0.4, -0.2) is 79.3 Å². The number of nitrogens with one attached hydrogen (secondary N) is 2. The Morgan fingerprint density at radius 2 is 1.70 bits per heavy atom. The van der Waals surface area contributed by atoms with Gasteiger partial charge in [0.1, 0.15) is 0 Å². The van der Waals surface area contributed by atoms with Gasteiger partial charge >= 0.3 is 6.03 Å². The molecule has 7 heteroatoms. The first-order valence-corrected chi connectivity index (χ1v) is 8.50. The summed E-state index contributed by atoms with van der Waals surface area (Å²) < 4.78 is 5.28. The van der Waals surface area contributed by atoms with E-state index in [1.165, 1.54) is 0 Å². The van der Waals surface area contributed by atoms with Gasteiger partial charge in [0.05, 0.1) is 19.8 Å². The fourth-order valence-corrected chi connectivity index (χ4v) is 2.86. The molecular formula is C16H30N4O3. The summed E-state index contributed by atoms with van der Waals surface area (Å²) >= 11 is 0. The van der Waals surface area contributed by atoms with Crippen LogP contribution in [0.15, 0.2) is 0 Å². The minimum atomic E-state index is -0.222. The maximum atomic E-state index is 12.1. The van der Waals surface area contributed by atoms with Gasteiger partial charge in [0.15, 0.2) is 0 Å². The SMILES string of the molecule is CC(C)(C)NC(=O)N1CCC(NC(=O)CN2CCOCC2)CC1. The molecule has 0 saturated carbocycles. The molecule has 2 N–H and O–H groups in total. The molecule has 132 valence electrons. The van der Waals surface area contributed by atoms with Crippen molar-refractivity contribution in [2.75, 3.05) is 45.9 Å². The second-order valence-electron chi connectivity index (χ2n) is 7.40.